The predicted octanol–water partition coefficient (Wildman–Crippen LogP) is 0.894. The smallest absolute Gasteiger partial charge is 0.326 e. The number of aryl methyl sites for hydroxylation is 2. The van der Waals surface area contributed by atoms with Crippen LogP contribution in [-0.4, -0.2) is 49.8 Å². The van der Waals surface area contributed by atoms with Crippen molar-refractivity contribution in [2.45, 2.75) is 26.4 Å². The predicted molar refractivity (Wildman–Crippen MR) is 106 cm³/mol. The van der Waals surface area contributed by atoms with E-state index in [4.69, 9.17) is 4.74 Å². The van der Waals surface area contributed by atoms with E-state index >= 15 is 0 Å². The van der Waals surface area contributed by atoms with Gasteiger partial charge in [-0.3, -0.25) is 23.6 Å². The van der Waals surface area contributed by atoms with Gasteiger partial charge in [0.25, 0.3) is 11.5 Å². The maximum atomic E-state index is 12.4. The minimum absolute atomic E-state index is 0.313. The number of nitrogens with zero attached hydrogens (tertiary/aromatic N) is 5. The van der Waals surface area contributed by atoms with Gasteiger partial charge in [-0.1, -0.05) is 31.2 Å². The molecule has 0 unspecified atom stereocenters. The maximum absolute atomic E-state index is 12.4. The van der Waals surface area contributed by atoms with E-state index in [1.54, 1.807) is 14.1 Å². The summed E-state index contributed by atoms with van der Waals surface area (Å²) in [6, 6.07) is 8.00. The summed E-state index contributed by atoms with van der Waals surface area (Å²) in [6.45, 7) is 1.78. The highest BCUT2D eigenvalue weighted by atomic mass is 16.5. The van der Waals surface area contributed by atoms with E-state index in [0.717, 1.165) is 16.6 Å². The summed E-state index contributed by atoms with van der Waals surface area (Å²) < 4.78 is 7.65. The highest BCUT2D eigenvalue weighted by molar-refractivity contribution is 5.80. The lowest BCUT2D eigenvalue weighted by atomic mass is 10.1. The van der Waals surface area contributed by atoms with Crippen molar-refractivity contribution < 1.29 is 14.3 Å². The van der Waals surface area contributed by atoms with Gasteiger partial charge in [-0.05, 0) is 17.5 Å². The number of hydrogen-bond donors (Lipinski definition) is 0. The third kappa shape index (κ3) is 4.68. The van der Waals surface area contributed by atoms with E-state index in [0.29, 0.717) is 17.6 Å². The molecule has 0 saturated heterocycles. The number of benzene rings is 1. The lowest BCUT2D eigenvalue weighted by Gasteiger charge is -2.17. The Morgan fingerprint density at radius 2 is 1.86 bits per heavy atom. The van der Waals surface area contributed by atoms with Crippen LogP contribution in [0, 0.1) is 0 Å². The van der Waals surface area contributed by atoms with Gasteiger partial charge in [0.1, 0.15) is 18.3 Å². The van der Waals surface area contributed by atoms with Gasteiger partial charge in [-0.25, -0.2) is 4.98 Å². The zero-order valence-electron chi connectivity index (χ0n) is 16.7. The molecule has 0 bridgehead atoms. The first-order chi connectivity index (χ1) is 13.9. The Balaban J connectivity index is 1.53. The van der Waals surface area contributed by atoms with Crippen LogP contribution < -0.4 is 5.56 Å². The fourth-order valence-electron chi connectivity index (χ4n) is 2.86. The van der Waals surface area contributed by atoms with Crippen molar-refractivity contribution >= 4 is 22.9 Å². The molecule has 152 valence electrons. The molecule has 29 heavy (non-hydrogen) atoms. The third-order valence-electron chi connectivity index (χ3n) is 4.65. The summed E-state index contributed by atoms with van der Waals surface area (Å²) in [6.07, 6.45) is 3.62. The van der Waals surface area contributed by atoms with Crippen LogP contribution in [0.15, 0.2) is 41.6 Å². The first-order valence-electron chi connectivity index (χ1n) is 9.23. The quantitative estimate of drug-likeness (QED) is 0.549. The highest BCUT2D eigenvalue weighted by Crippen LogP contribution is 2.08. The van der Waals surface area contributed by atoms with Crippen LogP contribution in [0.4, 0.5) is 0 Å². The number of rotatable bonds is 7. The average Bonchev–Trinajstić information content (AvgIpc) is 3.10. The molecular formula is C20H23N5O4. The van der Waals surface area contributed by atoms with E-state index in [9.17, 15) is 14.4 Å². The molecule has 2 heterocycles. The van der Waals surface area contributed by atoms with Crippen LogP contribution in [-0.2, 0) is 40.9 Å². The van der Waals surface area contributed by atoms with Gasteiger partial charge in [0.2, 0.25) is 0 Å². The van der Waals surface area contributed by atoms with Crippen molar-refractivity contribution in [1.29, 1.82) is 0 Å². The Labute approximate surface area is 167 Å². The fourth-order valence-corrected chi connectivity index (χ4v) is 2.86. The molecular weight excluding hydrogens is 374 g/mol. The Morgan fingerprint density at radius 3 is 2.55 bits per heavy atom. The lowest BCUT2D eigenvalue weighted by molar-refractivity contribution is -0.152. The van der Waals surface area contributed by atoms with Gasteiger partial charge >= 0.3 is 5.97 Å². The summed E-state index contributed by atoms with van der Waals surface area (Å²) >= 11 is 0. The van der Waals surface area contributed by atoms with E-state index in [-0.39, 0.29) is 24.6 Å². The fraction of sp³-hybridized carbons (Fsp3) is 0.350. The Morgan fingerprint density at radius 1 is 1.17 bits per heavy atom. The maximum Gasteiger partial charge on any atom is 0.326 e. The average molecular weight is 397 g/mol. The molecule has 0 N–H and O–H groups in total. The van der Waals surface area contributed by atoms with Crippen LogP contribution in [0.5, 0.6) is 0 Å². The van der Waals surface area contributed by atoms with E-state index in [1.165, 1.54) is 27.7 Å². The Hall–Kier alpha value is -3.49. The monoisotopic (exact) mass is 397 g/mol. The van der Waals surface area contributed by atoms with Crippen molar-refractivity contribution in [3.8, 4) is 0 Å². The molecule has 9 heteroatoms. The van der Waals surface area contributed by atoms with Crippen LogP contribution in [0.3, 0.4) is 0 Å². The summed E-state index contributed by atoms with van der Waals surface area (Å²) in [7, 11) is 3.32. The second-order valence-electron chi connectivity index (χ2n) is 6.76. The molecule has 0 atom stereocenters. The molecule has 0 spiro atoms. The standard InChI is InChI=1S/C20H23N5O4/c1-4-14-5-7-15(8-6-14)10-23(2)17(26)12-29-18(27)11-25-13-21-19-16(20(25)28)9-22-24(19)3/h5-9,13H,4,10-12H2,1-3H3. The number of aromatic nitrogens is 4. The summed E-state index contributed by atoms with van der Waals surface area (Å²) in [5.41, 5.74) is 2.26. The number of fused-ring (bicyclic) bond motifs is 1. The molecule has 1 amide bonds. The van der Waals surface area contributed by atoms with Crippen LogP contribution in [0.1, 0.15) is 18.1 Å². The SMILES string of the molecule is CCc1ccc(CN(C)C(=O)COC(=O)Cn2cnc3c(cnn3C)c2=O)cc1. The van der Waals surface area contributed by atoms with Crippen LogP contribution in [0.2, 0.25) is 0 Å². The topological polar surface area (TPSA) is 99.3 Å². The Bertz CT molecular complexity index is 1080. The number of carbonyl (C=O) groups excluding carboxylic acids is 2. The molecule has 1 aromatic carbocycles. The number of likely N-dealkylation sites (N-methyl/N-ethyl adjacent to an activating group) is 1. The molecule has 0 aliphatic carbocycles. The highest BCUT2D eigenvalue weighted by Gasteiger charge is 2.15. The number of ether oxygens (including phenoxy) is 1. The summed E-state index contributed by atoms with van der Waals surface area (Å²) in [5, 5.41) is 4.29. The van der Waals surface area contributed by atoms with Crippen molar-refractivity contribution in [3.05, 3.63) is 58.3 Å². The lowest BCUT2D eigenvalue weighted by Crippen LogP contribution is -2.32. The number of hydrogen-bond acceptors (Lipinski definition) is 6. The third-order valence-corrected chi connectivity index (χ3v) is 4.65. The van der Waals surface area contributed by atoms with Crippen LogP contribution >= 0.6 is 0 Å². The van der Waals surface area contributed by atoms with E-state index < -0.39 is 5.97 Å². The molecule has 9 nitrogen and oxygen atoms in total. The summed E-state index contributed by atoms with van der Waals surface area (Å²) in [5.74, 6) is -1.02. The molecule has 0 aliphatic heterocycles. The van der Waals surface area contributed by atoms with Gasteiger partial charge in [0.15, 0.2) is 12.3 Å². The molecule has 2 aromatic heterocycles. The van der Waals surface area contributed by atoms with Gasteiger partial charge in [-0.15, -0.1) is 0 Å². The van der Waals surface area contributed by atoms with E-state index in [2.05, 4.69) is 17.0 Å². The van der Waals surface area contributed by atoms with Crippen molar-refractivity contribution in [1.82, 2.24) is 24.2 Å². The molecule has 0 aliphatic rings. The molecule has 0 fully saturated rings. The largest absolute Gasteiger partial charge is 0.454 e. The van der Waals surface area contributed by atoms with Gasteiger partial charge in [-0.2, -0.15) is 5.10 Å². The molecule has 3 rings (SSSR count). The van der Waals surface area contributed by atoms with Gasteiger partial charge in [0, 0.05) is 20.6 Å². The molecule has 3 aromatic rings. The first kappa shape index (κ1) is 20.2. The van der Waals surface area contributed by atoms with Crippen molar-refractivity contribution in [2.75, 3.05) is 13.7 Å². The number of amides is 1. The second kappa shape index (κ2) is 8.68. The zero-order chi connectivity index (χ0) is 21.0. The Kier molecular flexibility index (Phi) is 6.06. The van der Waals surface area contributed by atoms with Crippen LogP contribution in [0.25, 0.3) is 11.0 Å². The minimum atomic E-state index is -0.689. The number of esters is 1. The van der Waals surface area contributed by atoms with Gasteiger partial charge < -0.3 is 9.64 Å². The zero-order valence-corrected chi connectivity index (χ0v) is 16.7. The van der Waals surface area contributed by atoms with E-state index in [1.807, 2.05) is 24.3 Å². The van der Waals surface area contributed by atoms with Gasteiger partial charge in [0.05, 0.1) is 6.20 Å². The number of carbonyl (C=O) groups is 2. The first-order valence-corrected chi connectivity index (χ1v) is 9.23. The molecule has 0 saturated carbocycles. The summed E-state index contributed by atoms with van der Waals surface area (Å²) in [4.78, 5) is 42.3. The normalized spacial score (nSPS) is 10.9. The van der Waals surface area contributed by atoms with Crippen molar-refractivity contribution in [2.24, 2.45) is 7.05 Å². The van der Waals surface area contributed by atoms with Crippen molar-refractivity contribution in [3.63, 3.8) is 0 Å². The second-order valence-corrected chi connectivity index (χ2v) is 6.76. The molecule has 0 radical (unpaired) electrons. The minimum Gasteiger partial charge on any atom is -0.454 e.